The number of imidazole rings is 1. The molecule has 2 aromatic heterocycles. The van der Waals surface area contributed by atoms with Crippen LogP contribution in [-0.4, -0.2) is 68.0 Å². The van der Waals surface area contributed by atoms with Crippen molar-refractivity contribution in [2.75, 3.05) is 30.4 Å². The molecule has 234 valence electrons. The lowest BCUT2D eigenvalue weighted by atomic mass is 10.1. The number of aromatic amines is 1. The summed E-state index contributed by atoms with van der Waals surface area (Å²) in [7, 11) is 0. The third-order valence-corrected chi connectivity index (χ3v) is 7.94. The Labute approximate surface area is 264 Å². The molecule has 14 heteroatoms. The van der Waals surface area contributed by atoms with Gasteiger partial charge in [-0.15, -0.1) is 5.10 Å². The maximum atomic E-state index is 13.1. The van der Waals surface area contributed by atoms with Crippen molar-refractivity contribution in [3.05, 3.63) is 71.4 Å². The van der Waals surface area contributed by atoms with Crippen molar-refractivity contribution in [1.82, 2.24) is 35.5 Å². The highest BCUT2D eigenvalue weighted by Gasteiger charge is 2.20. The van der Waals surface area contributed by atoms with Gasteiger partial charge in [-0.3, -0.25) is 10.1 Å². The van der Waals surface area contributed by atoms with Crippen LogP contribution in [0.5, 0.6) is 0 Å². The molecule has 4 N–H and O–H groups in total. The fraction of sp³-hybridized carbons (Fsp3) is 0.355. The number of carbonyl (C=O) groups is 2. The Kier molecular flexibility index (Phi) is 9.66. The molecule has 0 aliphatic carbocycles. The van der Waals surface area contributed by atoms with Gasteiger partial charge >= 0.3 is 6.09 Å². The Balaban J connectivity index is 1.16. The second-order valence-corrected chi connectivity index (χ2v) is 11.4. The summed E-state index contributed by atoms with van der Waals surface area (Å²) in [5.41, 5.74) is 4.54. The molecule has 2 aliphatic heterocycles. The summed E-state index contributed by atoms with van der Waals surface area (Å²) in [6, 6.07) is 10.6. The number of anilines is 2. The molecule has 2 atom stereocenters. The molecule has 2 amide bonds. The number of tetrazole rings is 1. The fourth-order valence-electron chi connectivity index (χ4n) is 5.43. The van der Waals surface area contributed by atoms with Crippen molar-refractivity contribution in [2.45, 2.75) is 50.7 Å². The van der Waals surface area contributed by atoms with E-state index in [1.54, 1.807) is 30.5 Å². The molecule has 6 rings (SSSR count). The van der Waals surface area contributed by atoms with Crippen LogP contribution in [0.1, 0.15) is 56.0 Å². The number of rotatable bonds is 7. The first-order valence-corrected chi connectivity index (χ1v) is 15.4. The van der Waals surface area contributed by atoms with Crippen LogP contribution >= 0.6 is 11.6 Å². The number of halogens is 1. The van der Waals surface area contributed by atoms with E-state index in [9.17, 15) is 9.59 Å². The van der Waals surface area contributed by atoms with Crippen molar-refractivity contribution in [1.29, 1.82) is 0 Å². The van der Waals surface area contributed by atoms with E-state index in [-0.39, 0.29) is 24.7 Å². The molecule has 1 saturated heterocycles. The summed E-state index contributed by atoms with van der Waals surface area (Å²) in [5.74, 6) is 0.396. The van der Waals surface area contributed by atoms with E-state index >= 15 is 0 Å². The second-order valence-electron chi connectivity index (χ2n) is 10.9. The van der Waals surface area contributed by atoms with Crippen LogP contribution in [0, 0.1) is 0 Å². The first kappa shape index (κ1) is 30.3. The number of nitrogens with one attached hydrogen (secondary N) is 4. The molecule has 0 radical (unpaired) electrons. The van der Waals surface area contributed by atoms with Crippen molar-refractivity contribution in [2.24, 2.45) is 0 Å². The van der Waals surface area contributed by atoms with E-state index < -0.39 is 6.09 Å². The molecule has 4 heterocycles. The highest BCUT2D eigenvalue weighted by atomic mass is 35.5. The molecule has 2 bridgehead atoms. The standard InChI is InChI=1S/C31H34ClN9O4/c32-21-8-11-28(41-19-35-39-40-41)20(15-21)7-12-29(42)37-25-6-2-1-3-13-33-26-16-22(9-10-24(26)27-17-34-30(25)38-27)36-31(43)45-18-23-5-4-14-44-23/h7-12,15-17,19,23,25,33H,1-6,13-14,18H2,(H,34,38)(H,36,43)(H,37,42)/b12-7+/t23-,25-/m0/s1. The van der Waals surface area contributed by atoms with Crippen molar-refractivity contribution in [3.8, 4) is 16.9 Å². The smallest absolute Gasteiger partial charge is 0.411 e. The predicted octanol–water partition coefficient (Wildman–Crippen LogP) is 5.29. The Hall–Kier alpha value is -4.75. The van der Waals surface area contributed by atoms with Gasteiger partial charge in [0, 0.05) is 46.8 Å². The number of benzene rings is 2. The molecular formula is C31H34ClN9O4. The number of aromatic nitrogens is 6. The number of amides is 2. The third-order valence-electron chi connectivity index (χ3n) is 7.71. The molecule has 2 aliphatic rings. The average molecular weight is 632 g/mol. The highest BCUT2D eigenvalue weighted by molar-refractivity contribution is 6.30. The van der Waals surface area contributed by atoms with Crippen LogP contribution in [0.25, 0.3) is 23.0 Å². The molecule has 13 nitrogen and oxygen atoms in total. The highest BCUT2D eigenvalue weighted by Crippen LogP contribution is 2.32. The lowest BCUT2D eigenvalue weighted by molar-refractivity contribution is -0.117. The van der Waals surface area contributed by atoms with Gasteiger partial charge in [0.15, 0.2) is 0 Å². The van der Waals surface area contributed by atoms with Crippen LogP contribution in [0.2, 0.25) is 5.02 Å². The van der Waals surface area contributed by atoms with E-state index in [2.05, 4.69) is 41.4 Å². The maximum absolute atomic E-state index is 13.1. The van der Waals surface area contributed by atoms with Crippen molar-refractivity contribution < 1.29 is 19.1 Å². The van der Waals surface area contributed by atoms with Crippen LogP contribution in [0.3, 0.4) is 0 Å². The zero-order valence-electron chi connectivity index (χ0n) is 24.5. The summed E-state index contributed by atoms with van der Waals surface area (Å²) in [6.45, 7) is 1.70. The first-order valence-electron chi connectivity index (χ1n) is 15.0. The third kappa shape index (κ3) is 7.86. The largest absolute Gasteiger partial charge is 0.447 e. The van der Waals surface area contributed by atoms with Gasteiger partial charge in [0.05, 0.1) is 29.7 Å². The quantitative estimate of drug-likeness (QED) is 0.199. The minimum Gasteiger partial charge on any atom is -0.447 e. The topological polar surface area (TPSA) is 161 Å². The maximum Gasteiger partial charge on any atom is 0.411 e. The van der Waals surface area contributed by atoms with Crippen LogP contribution in [0.4, 0.5) is 16.2 Å². The Morgan fingerprint density at radius 2 is 2.07 bits per heavy atom. The van der Waals surface area contributed by atoms with Crippen LogP contribution < -0.4 is 16.0 Å². The second kappa shape index (κ2) is 14.4. The van der Waals surface area contributed by atoms with Crippen molar-refractivity contribution in [3.63, 3.8) is 0 Å². The number of H-pyrrole nitrogens is 1. The molecular weight excluding hydrogens is 598 g/mol. The summed E-state index contributed by atoms with van der Waals surface area (Å²) in [6.07, 6.45) is 11.3. The van der Waals surface area contributed by atoms with E-state index in [4.69, 9.17) is 21.1 Å². The SMILES string of the molecule is O=C(/C=C/c1cc(Cl)ccc1-n1cnnn1)N[C@H]1CCCCCNc2cc(NC(=O)OC[C@@H]3CCCO3)ccc2-c2cnc1[nH]2. The lowest BCUT2D eigenvalue weighted by Crippen LogP contribution is -2.27. The summed E-state index contributed by atoms with van der Waals surface area (Å²) in [5, 5.41) is 21.3. The average Bonchev–Trinajstić information content (AvgIpc) is 3.83. The van der Waals surface area contributed by atoms with Gasteiger partial charge in [-0.25, -0.2) is 9.78 Å². The number of fused-ring (bicyclic) bond motifs is 4. The minimum atomic E-state index is -0.517. The Morgan fingerprint density at radius 1 is 1.13 bits per heavy atom. The van der Waals surface area contributed by atoms with E-state index in [0.717, 1.165) is 62.0 Å². The predicted molar refractivity (Wildman–Crippen MR) is 169 cm³/mol. The van der Waals surface area contributed by atoms with E-state index in [1.165, 1.54) is 17.1 Å². The summed E-state index contributed by atoms with van der Waals surface area (Å²) < 4.78 is 12.4. The van der Waals surface area contributed by atoms with Gasteiger partial charge in [0.1, 0.15) is 18.8 Å². The zero-order chi connectivity index (χ0) is 31.0. The molecule has 0 saturated carbocycles. The molecule has 45 heavy (non-hydrogen) atoms. The normalized spacial score (nSPS) is 18.3. The van der Waals surface area contributed by atoms with Gasteiger partial charge in [0.2, 0.25) is 5.91 Å². The van der Waals surface area contributed by atoms with Gasteiger partial charge in [-0.2, -0.15) is 4.68 Å². The number of hydrogen-bond acceptors (Lipinski definition) is 9. The summed E-state index contributed by atoms with van der Waals surface area (Å²) >= 11 is 6.22. The Morgan fingerprint density at radius 3 is 2.91 bits per heavy atom. The zero-order valence-corrected chi connectivity index (χ0v) is 25.3. The molecule has 2 aromatic carbocycles. The summed E-state index contributed by atoms with van der Waals surface area (Å²) in [4.78, 5) is 33.6. The van der Waals surface area contributed by atoms with Gasteiger partial charge in [0.25, 0.3) is 0 Å². The van der Waals surface area contributed by atoms with Crippen LogP contribution in [0.15, 0.2) is 55.0 Å². The molecule has 0 spiro atoms. The minimum absolute atomic E-state index is 0.0351. The Bertz CT molecular complexity index is 1650. The number of hydrogen-bond donors (Lipinski definition) is 4. The molecule has 0 unspecified atom stereocenters. The first-order chi connectivity index (χ1) is 22.0. The van der Waals surface area contributed by atoms with Gasteiger partial charge in [-0.05, 0) is 78.6 Å². The van der Waals surface area contributed by atoms with Gasteiger partial charge in [-0.1, -0.05) is 24.4 Å². The van der Waals surface area contributed by atoms with E-state index in [0.29, 0.717) is 34.4 Å². The van der Waals surface area contributed by atoms with Crippen LogP contribution in [-0.2, 0) is 14.3 Å². The number of carbonyl (C=O) groups excluding carboxylic acids is 2. The monoisotopic (exact) mass is 631 g/mol. The number of nitrogens with zero attached hydrogens (tertiary/aromatic N) is 5. The van der Waals surface area contributed by atoms with Crippen molar-refractivity contribution >= 4 is 41.1 Å². The molecule has 1 fully saturated rings. The molecule has 4 aromatic rings. The fourth-order valence-corrected chi connectivity index (χ4v) is 5.61. The van der Waals surface area contributed by atoms with E-state index in [1.807, 2.05) is 18.2 Å². The van der Waals surface area contributed by atoms with Gasteiger partial charge < -0.3 is 25.1 Å². The number of ether oxygens (including phenoxy) is 2. The lowest BCUT2D eigenvalue weighted by Gasteiger charge is -2.18.